The van der Waals surface area contributed by atoms with Crippen LogP contribution >= 0.6 is 0 Å². The molecule has 5 nitrogen and oxygen atoms in total. The van der Waals surface area contributed by atoms with Gasteiger partial charge in [-0.1, -0.05) is 13.8 Å². The Labute approximate surface area is 95.8 Å². The van der Waals surface area contributed by atoms with Crippen molar-refractivity contribution < 1.29 is 4.79 Å². The van der Waals surface area contributed by atoms with Gasteiger partial charge in [-0.25, -0.2) is 0 Å². The topological polar surface area (TPSA) is 83.8 Å². The molecule has 0 aliphatic rings. The lowest BCUT2D eigenvalue weighted by Crippen LogP contribution is -2.19. The number of nitrogens with zero attached hydrogens (tertiary/aromatic N) is 1. The number of aromatic nitrogens is 2. The van der Waals surface area contributed by atoms with Crippen molar-refractivity contribution >= 4 is 11.7 Å². The number of carbonyl (C=O) groups is 1. The molecule has 5 heteroatoms. The molecular weight excluding hydrogens is 204 g/mol. The normalized spacial score (nSPS) is 12.8. The second-order valence-electron chi connectivity index (χ2n) is 4.43. The van der Waals surface area contributed by atoms with Crippen LogP contribution in [0, 0.1) is 0 Å². The summed E-state index contributed by atoms with van der Waals surface area (Å²) >= 11 is 0. The fraction of sp³-hybridized carbons (Fsp3) is 0.636. The summed E-state index contributed by atoms with van der Waals surface area (Å²) in [5, 5.41) is 9.64. The van der Waals surface area contributed by atoms with E-state index in [2.05, 4.69) is 29.4 Å². The summed E-state index contributed by atoms with van der Waals surface area (Å²) in [5.74, 6) is 0.916. The number of H-pyrrole nitrogens is 1. The number of anilines is 1. The maximum atomic E-state index is 11.5. The van der Waals surface area contributed by atoms with Gasteiger partial charge in [0.1, 0.15) is 0 Å². The first kappa shape index (κ1) is 12.7. The van der Waals surface area contributed by atoms with E-state index in [1.165, 1.54) is 0 Å². The van der Waals surface area contributed by atoms with E-state index in [4.69, 9.17) is 5.73 Å². The summed E-state index contributed by atoms with van der Waals surface area (Å²) in [6, 6.07) is 1.91. The van der Waals surface area contributed by atoms with Gasteiger partial charge >= 0.3 is 0 Å². The van der Waals surface area contributed by atoms with Crippen LogP contribution in [0.4, 0.5) is 5.82 Å². The Balaban J connectivity index is 2.43. The predicted molar refractivity (Wildman–Crippen MR) is 64.2 cm³/mol. The Morgan fingerprint density at radius 3 is 2.75 bits per heavy atom. The summed E-state index contributed by atoms with van der Waals surface area (Å²) < 4.78 is 0. The van der Waals surface area contributed by atoms with Gasteiger partial charge in [-0.3, -0.25) is 9.89 Å². The van der Waals surface area contributed by atoms with Gasteiger partial charge < -0.3 is 11.1 Å². The van der Waals surface area contributed by atoms with Gasteiger partial charge in [0.15, 0.2) is 5.82 Å². The number of aromatic amines is 1. The fourth-order valence-electron chi connectivity index (χ4n) is 1.26. The molecule has 90 valence electrons. The zero-order valence-electron chi connectivity index (χ0n) is 10.1. The van der Waals surface area contributed by atoms with Crippen LogP contribution in [0.15, 0.2) is 6.07 Å². The third-order valence-electron chi connectivity index (χ3n) is 2.31. The van der Waals surface area contributed by atoms with Crippen molar-refractivity contribution in [3.05, 3.63) is 11.8 Å². The highest BCUT2D eigenvalue weighted by Crippen LogP contribution is 2.14. The molecule has 1 aromatic rings. The molecule has 0 aliphatic carbocycles. The molecule has 1 amide bonds. The molecule has 0 bridgehead atoms. The van der Waals surface area contributed by atoms with Gasteiger partial charge in [-0.2, -0.15) is 5.10 Å². The molecule has 0 radical (unpaired) electrons. The quantitative estimate of drug-likeness (QED) is 0.710. The first-order chi connectivity index (χ1) is 7.49. The monoisotopic (exact) mass is 224 g/mol. The summed E-state index contributed by atoms with van der Waals surface area (Å²) in [6.07, 6.45) is 1.12. The first-order valence-corrected chi connectivity index (χ1v) is 5.59. The average Bonchev–Trinajstić information content (AvgIpc) is 2.63. The van der Waals surface area contributed by atoms with Crippen LogP contribution < -0.4 is 11.1 Å². The number of rotatable bonds is 5. The third kappa shape index (κ3) is 4.02. The molecule has 0 saturated carbocycles. The van der Waals surface area contributed by atoms with E-state index in [0.717, 1.165) is 5.69 Å². The zero-order chi connectivity index (χ0) is 12.1. The lowest BCUT2D eigenvalue weighted by atomic mass is 10.1. The molecule has 1 aromatic heterocycles. The van der Waals surface area contributed by atoms with Crippen molar-refractivity contribution in [1.29, 1.82) is 0 Å². The van der Waals surface area contributed by atoms with Gasteiger partial charge in [0, 0.05) is 24.2 Å². The molecule has 1 rings (SSSR count). The van der Waals surface area contributed by atoms with Gasteiger partial charge in [0.25, 0.3) is 0 Å². The van der Waals surface area contributed by atoms with Crippen molar-refractivity contribution in [1.82, 2.24) is 10.2 Å². The maximum absolute atomic E-state index is 11.5. The lowest BCUT2D eigenvalue weighted by molar-refractivity contribution is -0.116. The number of hydrogen-bond donors (Lipinski definition) is 3. The predicted octanol–water partition coefficient (Wildman–Crippen LogP) is 1.60. The highest BCUT2D eigenvalue weighted by molar-refractivity contribution is 5.89. The molecule has 4 N–H and O–H groups in total. The fourth-order valence-corrected chi connectivity index (χ4v) is 1.26. The Kier molecular flexibility index (Phi) is 4.49. The largest absolute Gasteiger partial charge is 0.328 e. The SMILES string of the molecule is CC(N)CCC(=O)Nc1cc(C(C)C)[nH]n1. The van der Waals surface area contributed by atoms with Crippen LogP contribution in [-0.4, -0.2) is 22.1 Å². The molecule has 0 aromatic carbocycles. The number of amides is 1. The molecule has 1 unspecified atom stereocenters. The van der Waals surface area contributed by atoms with E-state index in [1.54, 1.807) is 0 Å². The minimum absolute atomic E-state index is 0.0425. The van der Waals surface area contributed by atoms with Gasteiger partial charge in [-0.15, -0.1) is 0 Å². The first-order valence-electron chi connectivity index (χ1n) is 5.59. The van der Waals surface area contributed by atoms with E-state index in [9.17, 15) is 4.79 Å². The molecule has 1 atom stereocenters. The van der Waals surface area contributed by atoms with Crippen LogP contribution in [0.5, 0.6) is 0 Å². The molecule has 0 fully saturated rings. The second kappa shape index (κ2) is 5.65. The minimum atomic E-state index is -0.0425. The van der Waals surface area contributed by atoms with Crippen molar-refractivity contribution in [2.75, 3.05) is 5.32 Å². The van der Waals surface area contributed by atoms with Gasteiger partial charge in [-0.05, 0) is 19.3 Å². The number of nitrogens with two attached hydrogens (primary N) is 1. The highest BCUT2D eigenvalue weighted by Gasteiger charge is 2.08. The summed E-state index contributed by atoms with van der Waals surface area (Å²) in [6.45, 7) is 6.02. The van der Waals surface area contributed by atoms with E-state index >= 15 is 0 Å². The van der Waals surface area contributed by atoms with E-state index < -0.39 is 0 Å². The van der Waals surface area contributed by atoms with Crippen LogP contribution in [0.2, 0.25) is 0 Å². The van der Waals surface area contributed by atoms with E-state index in [-0.39, 0.29) is 11.9 Å². The Hall–Kier alpha value is -1.36. The van der Waals surface area contributed by atoms with Crippen LogP contribution in [0.1, 0.15) is 45.2 Å². The highest BCUT2D eigenvalue weighted by atomic mass is 16.1. The molecule has 0 aliphatic heterocycles. The number of carbonyl (C=O) groups excluding carboxylic acids is 1. The maximum Gasteiger partial charge on any atom is 0.225 e. The van der Waals surface area contributed by atoms with Gasteiger partial charge in [0.2, 0.25) is 5.91 Å². The Morgan fingerprint density at radius 2 is 2.25 bits per heavy atom. The van der Waals surface area contributed by atoms with E-state index in [0.29, 0.717) is 24.6 Å². The van der Waals surface area contributed by atoms with Crippen LogP contribution in [0.3, 0.4) is 0 Å². The zero-order valence-corrected chi connectivity index (χ0v) is 10.1. The standard InChI is InChI=1S/C11H20N4O/c1-7(2)9-6-10(15-14-9)13-11(16)5-4-8(3)12/h6-8H,4-5,12H2,1-3H3,(H2,13,14,15,16). The minimum Gasteiger partial charge on any atom is -0.328 e. The van der Waals surface area contributed by atoms with Crippen LogP contribution in [0.25, 0.3) is 0 Å². The number of hydrogen-bond acceptors (Lipinski definition) is 3. The Morgan fingerprint density at radius 1 is 1.56 bits per heavy atom. The van der Waals surface area contributed by atoms with Crippen molar-refractivity contribution in [3.8, 4) is 0 Å². The molecular formula is C11H20N4O. The Bertz CT molecular complexity index is 344. The van der Waals surface area contributed by atoms with Crippen molar-refractivity contribution in [2.24, 2.45) is 5.73 Å². The average molecular weight is 224 g/mol. The summed E-state index contributed by atoms with van der Waals surface area (Å²) in [7, 11) is 0. The third-order valence-corrected chi connectivity index (χ3v) is 2.31. The number of nitrogens with one attached hydrogen (secondary N) is 2. The molecule has 0 spiro atoms. The van der Waals surface area contributed by atoms with Gasteiger partial charge in [0.05, 0.1) is 0 Å². The molecule has 0 saturated heterocycles. The van der Waals surface area contributed by atoms with Crippen LogP contribution in [-0.2, 0) is 4.79 Å². The smallest absolute Gasteiger partial charge is 0.225 e. The summed E-state index contributed by atoms with van der Waals surface area (Å²) in [5.41, 5.74) is 6.59. The van der Waals surface area contributed by atoms with Crippen molar-refractivity contribution in [3.63, 3.8) is 0 Å². The van der Waals surface area contributed by atoms with Crippen molar-refractivity contribution in [2.45, 2.75) is 45.6 Å². The molecule has 1 heterocycles. The second-order valence-corrected chi connectivity index (χ2v) is 4.43. The lowest BCUT2D eigenvalue weighted by Gasteiger charge is -2.04. The molecule has 16 heavy (non-hydrogen) atoms. The van der Waals surface area contributed by atoms with E-state index in [1.807, 2.05) is 13.0 Å². The summed E-state index contributed by atoms with van der Waals surface area (Å²) in [4.78, 5) is 11.5.